The molecule has 0 bridgehead atoms. The van der Waals surface area contributed by atoms with Gasteiger partial charge >= 0.3 is 0 Å². The Morgan fingerprint density at radius 3 is 2.94 bits per heavy atom. The zero-order chi connectivity index (χ0) is 10.8. The highest BCUT2D eigenvalue weighted by Gasteiger charge is 2.22. The Labute approximate surface area is 97.2 Å². The van der Waals surface area contributed by atoms with Gasteiger partial charge in [0, 0.05) is 30.9 Å². The van der Waals surface area contributed by atoms with Gasteiger partial charge in [0.2, 0.25) is 0 Å². The van der Waals surface area contributed by atoms with Gasteiger partial charge in [-0.25, -0.2) is 0 Å². The standard InChI is InChI=1S/C13H21N3/c1-3-11(4-1)10-16-13(6-8-15-16)12-5-2-7-14-9-12/h6,8,11-12,14H,1-5,7,9-10H2. The van der Waals surface area contributed by atoms with Crippen LogP contribution in [0, 0.1) is 5.92 Å². The first-order valence-electron chi connectivity index (χ1n) is 6.66. The predicted octanol–water partition coefficient (Wildman–Crippen LogP) is 2.15. The molecule has 1 aromatic heterocycles. The molecule has 88 valence electrons. The fourth-order valence-electron chi connectivity index (χ4n) is 2.87. The Hall–Kier alpha value is -0.830. The number of nitrogens with one attached hydrogen (secondary N) is 1. The average Bonchev–Trinajstić information content (AvgIpc) is 2.73. The van der Waals surface area contributed by atoms with E-state index in [4.69, 9.17) is 0 Å². The Kier molecular flexibility index (Phi) is 2.96. The Balaban J connectivity index is 1.70. The molecule has 0 radical (unpaired) electrons. The lowest BCUT2D eigenvalue weighted by molar-refractivity contribution is 0.259. The van der Waals surface area contributed by atoms with Crippen molar-refractivity contribution in [1.29, 1.82) is 0 Å². The monoisotopic (exact) mass is 219 g/mol. The first-order chi connectivity index (χ1) is 7.93. The van der Waals surface area contributed by atoms with Crippen molar-refractivity contribution in [3.8, 4) is 0 Å². The molecule has 1 aromatic rings. The fraction of sp³-hybridized carbons (Fsp3) is 0.769. The van der Waals surface area contributed by atoms with E-state index in [1.807, 2.05) is 6.20 Å². The fourth-order valence-corrected chi connectivity index (χ4v) is 2.87. The van der Waals surface area contributed by atoms with Gasteiger partial charge in [-0.1, -0.05) is 6.42 Å². The van der Waals surface area contributed by atoms with Gasteiger partial charge in [-0.2, -0.15) is 5.10 Å². The molecule has 3 rings (SSSR count). The smallest absolute Gasteiger partial charge is 0.0492 e. The van der Waals surface area contributed by atoms with Gasteiger partial charge in [-0.15, -0.1) is 0 Å². The molecule has 16 heavy (non-hydrogen) atoms. The number of piperidine rings is 1. The maximum Gasteiger partial charge on any atom is 0.0492 e. The first-order valence-corrected chi connectivity index (χ1v) is 6.66. The van der Waals surface area contributed by atoms with Crippen molar-refractivity contribution in [3.63, 3.8) is 0 Å². The van der Waals surface area contributed by atoms with Crippen molar-refractivity contribution in [3.05, 3.63) is 18.0 Å². The molecule has 3 nitrogen and oxygen atoms in total. The molecule has 1 aliphatic carbocycles. The molecular weight excluding hydrogens is 198 g/mol. The molecule has 1 saturated heterocycles. The van der Waals surface area contributed by atoms with E-state index in [9.17, 15) is 0 Å². The molecule has 1 saturated carbocycles. The third kappa shape index (κ3) is 2.01. The van der Waals surface area contributed by atoms with Crippen molar-refractivity contribution in [2.45, 2.75) is 44.6 Å². The minimum atomic E-state index is 0.691. The summed E-state index contributed by atoms with van der Waals surface area (Å²) in [6, 6.07) is 2.22. The Morgan fingerprint density at radius 2 is 2.25 bits per heavy atom. The second-order valence-corrected chi connectivity index (χ2v) is 5.28. The maximum atomic E-state index is 4.50. The van der Waals surface area contributed by atoms with Crippen LogP contribution in [0.3, 0.4) is 0 Å². The summed E-state index contributed by atoms with van der Waals surface area (Å²) >= 11 is 0. The van der Waals surface area contributed by atoms with Crippen LogP contribution < -0.4 is 5.32 Å². The van der Waals surface area contributed by atoms with Gasteiger partial charge in [0.05, 0.1) is 0 Å². The second-order valence-electron chi connectivity index (χ2n) is 5.28. The van der Waals surface area contributed by atoms with Crippen LogP contribution in [-0.4, -0.2) is 22.9 Å². The summed E-state index contributed by atoms with van der Waals surface area (Å²) in [7, 11) is 0. The van der Waals surface area contributed by atoms with Crippen LogP contribution in [0.15, 0.2) is 12.3 Å². The van der Waals surface area contributed by atoms with Gasteiger partial charge < -0.3 is 5.32 Å². The summed E-state index contributed by atoms with van der Waals surface area (Å²) in [5.74, 6) is 1.59. The molecule has 2 aliphatic rings. The third-order valence-corrected chi connectivity index (χ3v) is 4.12. The van der Waals surface area contributed by atoms with Crippen LogP contribution in [0.4, 0.5) is 0 Å². The van der Waals surface area contributed by atoms with Crippen molar-refractivity contribution < 1.29 is 0 Å². The van der Waals surface area contributed by atoms with Crippen LogP contribution in [0.2, 0.25) is 0 Å². The SMILES string of the molecule is c1cc(C2CCCNC2)n(CC2CCC2)n1. The summed E-state index contributed by atoms with van der Waals surface area (Å²) in [6.45, 7) is 3.47. The first kappa shape index (κ1) is 10.3. The molecular formula is C13H21N3. The summed E-state index contributed by atoms with van der Waals surface area (Å²) in [5.41, 5.74) is 1.46. The molecule has 2 heterocycles. The van der Waals surface area contributed by atoms with Gasteiger partial charge in [-0.05, 0) is 44.2 Å². The Bertz CT molecular complexity index is 335. The van der Waals surface area contributed by atoms with E-state index in [2.05, 4.69) is 21.2 Å². The van der Waals surface area contributed by atoms with Crippen molar-refractivity contribution in [1.82, 2.24) is 15.1 Å². The number of rotatable bonds is 3. The lowest BCUT2D eigenvalue weighted by Gasteiger charge is -2.28. The zero-order valence-electron chi connectivity index (χ0n) is 9.86. The lowest BCUT2D eigenvalue weighted by Crippen LogP contribution is -2.30. The van der Waals surface area contributed by atoms with E-state index < -0.39 is 0 Å². The van der Waals surface area contributed by atoms with Gasteiger partial charge in [0.1, 0.15) is 0 Å². The van der Waals surface area contributed by atoms with Crippen molar-refractivity contribution in [2.24, 2.45) is 5.92 Å². The Morgan fingerprint density at radius 1 is 1.31 bits per heavy atom. The minimum absolute atomic E-state index is 0.691. The summed E-state index contributed by atoms with van der Waals surface area (Å²) < 4.78 is 2.27. The highest BCUT2D eigenvalue weighted by molar-refractivity contribution is 5.09. The quantitative estimate of drug-likeness (QED) is 0.844. The van der Waals surface area contributed by atoms with E-state index in [1.165, 1.54) is 44.3 Å². The number of hydrogen-bond acceptors (Lipinski definition) is 2. The van der Waals surface area contributed by atoms with Crippen LogP contribution in [0.5, 0.6) is 0 Å². The van der Waals surface area contributed by atoms with Gasteiger partial charge in [0.25, 0.3) is 0 Å². The van der Waals surface area contributed by atoms with Crippen LogP contribution in [0.1, 0.15) is 43.7 Å². The zero-order valence-corrected chi connectivity index (χ0v) is 9.86. The molecule has 0 amide bonds. The lowest BCUT2D eigenvalue weighted by atomic mass is 9.85. The van der Waals surface area contributed by atoms with E-state index in [0.29, 0.717) is 5.92 Å². The summed E-state index contributed by atoms with van der Waals surface area (Å²) in [5, 5.41) is 7.99. The highest BCUT2D eigenvalue weighted by Crippen LogP contribution is 2.30. The van der Waals surface area contributed by atoms with Gasteiger partial charge in [0.15, 0.2) is 0 Å². The summed E-state index contributed by atoms with van der Waals surface area (Å²) in [4.78, 5) is 0. The number of nitrogens with zero attached hydrogens (tertiary/aromatic N) is 2. The second kappa shape index (κ2) is 4.58. The van der Waals surface area contributed by atoms with E-state index in [-0.39, 0.29) is 0 Å². The predicted molar refractivity (Wildman–Crippen MR) is 64.4 cm³/mol. The van der Waals surface area contributed by atoms with Crippen LogP contribution >= 0.6 is 0 Å². The topological polar surface area (TPSA) is 29.9 Å². The molecule has 0 aromatic carbocycles. The number of hydrogen-bond donors (Lipinski definition) is 1. The molecule has 1 aliphatic heterocycles. The van der Waals surface area contributed by atoms with E-state index >= 15 is 0 Å². The third-order valence-electron chi connectivity index (χ3n) is 4.12. The summed E-state index contributed by atoms with van der Waals surface area (Å²) in [6.07, 6.45) is 8.84. The molecule has 2 fully saturated rings. The normalized spacial score (nSPS) is 26.6. The van der Waals surface area contributed by atoms with Crippen LogP contribution in [-0.2, 0) is 6.54 Å². The maximum absolute atomic E-state index is 4.50. The minimum Gasteiger partial charge on any atom is -0.316 e. The van der Waals surface area contributed by atoms with E-state index in [1.54, 1.807) is 0 Å². The van der Waals surface area contributed by atoms with Crippen molar-refractivity contribution in [2.75, 3.05) is 13.1 Å². The average molecular weight is 219 g/mol. The molecule has 1 unspecified atom stereocenters. The van der Waals surface area contributed by atoms with E-state index in [0.717, 1.165) is 19.0 Å². The molecule has 1 N–H and O–H groups in total. The molecule has 3 heteroatoms. The molecule has 0 spiro atoms. The highest BCUT2D eigenvalue weighted by atomic mass is 15.3. The van der Waals surface area contributed by atoms with Crippen LogP contribution in [0.25, 0.3) is 0 Å². The van der Waals surface area contributed by atoms with Gasteiger partial charge in [-0.3, -0.25) is 4.68 Å². The van der Waals surface area contributed by atoms with Crippen molar-refractivity contribution >= 4 is 0 Å². The molecule has 1 atom stereocenters. The number of aromatic nitrogens is 2. The largest absolute Gasteiger partial charge is 0.316 e.